The Morgan fingerprint density at radius 2 is 1.73 bits per heavy atom. The van der Waals surface area contributed by atoms with Gasteiger partial charge in [-0.1, -0.05) is 0 Å². The van der Waals surface area contributed by atoms with Crippen molar-refractivity contribution < 1.29 is 52.1 Å². The van der Waals surface area contributed by atoms with Crippen molar-refractivity contribution in [2.75, 3.05) is 46.4 Å². The number of alkyl halides is 3. The number of methoxy groups -OCH3 is 1. The molecule has 14 heteroatoms. The van der Waals surface area contributed by atoms with Crippen molar-refractivity contribution in [3.05, 3.63) is 5.70 Å². The molecule has 0 aliphatic carbocycles. The number of allylic oxidation sites excluding steroid dienone is 1. The molecule has 0 radical (unpaired) electrons. The molecule has 0 unspecified atom stereocenters. The van der Waals surface area contributed by atoms with E-state index in [0.29, 0.717) is 51.2 Å². The van der Waals surface area contributed by atoms with Gasteiger partial charge in [0.15, 0.2) is 0 Å². The van der Waals surface area contributed by atoms with Gasteiger partial charge in [0.2, 0.25) is 11.8 Å². The molecule has 33 heavy (non-hydrogen) atoms. The summed E-state index contributed by atoms with van der Waals surface area (Å²) in [5.41, 5.74) is 0.346. The molecule has 0 spiro atoms. The van der Waals surface area contributed by atoms with Gasteiger partial charge in [0.1, 0.15) is 17.7 Å². The van der Waals surface area contributed by atoms with Gasteiger partial charge in [0.05, 0.1) is 19.7 Å². The van der Waals surface area contributed by atoms with Crippen LogP contribution in [0.3, 0.4) is 0 Å². The summed E-state index contributed by atoms with van der Waals surface area (Å²) in [5.74, 6) is -2.54. The molecule has 0 aromatic heterocycles. The average molecular weight is 481 g/mol. The second-order valence-corrected chi connectivity index (χ2v) is 7.29. The lowest BCUT2D eigenvalue weighted by molar-refractivity contribution is -0.192. The lowest BCUT2D eigenvalue weighted by atomic mass is 10.2. The average Bonchev–Trinajstić information content (AvgIpc) is 3.40. The van der Waals surface area contributed by atoms with Crippen molar-refractivity contribution in [2.45, 2.75) is 37.9 Å². The second kappa shape index (κ2) is 12.9. The Morgan fingerprint density at radius 1 is 1.12 bits per heavy atom. The smallest absolute Gasteiger partial charge is 0.480 e. The first-order valence-corrected chi connectivity index (χ1v) is 10.00. The minimum atomic E-state index is -5.08. The van der Waals surface area contributed by atoms with Gasteiger partial charge >= 0.3 is 18.1 Å². The molecule has 0 aromatic carbocycles. The summed E-state index contributed by atoms with van der Waals surface area (Å²) in [6.45, 7) is 1.47. The molecule has 1 atom stereocenters. The minimum absolute atomic E-state index is 0.0359. The number of halogens is 3. The predicted octanol–water partition coefficient (Wildman–Crippen LogP) is -0.0184. The molecule has 0 aromatic rings. The zero-order valence-electron chi connectivity index (χ0n) is 18.0. The van der Waals surface area contributed by atoms with Crippen molar-refractivity contribution >= 4 is 29.7 Å². The Hall–Kier alpha value is -2.96. The number of carbonyl (C=O) groups excluding carboxylic acids is 3. The maximum atomic E-state index is 12.5. The van der Waals surface area contributed by atoms with Crippen LogP contribution in [0.25, 0.3) is 0 Å². The van der Waals surface area contributed by atoms with E-state index in [1.807, 2.05) is 0 Å². The van der Waals surface area contributed by atoms with Gasteiger partial charge in [-0.15, -0.1) is 0 Å². The van der Waals surface area contributed by atoms with E-state index in [4.69, 9.17) is 14.6 Å². The van der Waals surface area contributed by atoms with Crippen molar-refractivity contribution in [3.8, 4) is 0 Å². The fraction of sp³-hybridized carbons (Fsp3) is 0.684. The van der Waals surface area contributed by atoms with Gasteiger partial charge in [-0.25, -0.2) is 14.4 Å². The summed E-state index contributed by atoms with van der Waals surface area (Å²) in [6, 6.07) is -0.800. The number of carbonyl (C=O) groups is 4. The number of amides is 2. The fourth-order valence-corrected chi connectivity index (χ4v) is 3.37. The predicted molar refractivity (Wildman–Crippen MR) is 105 cm³/mol. The highest BCUT2D eigenvalue weighted by Gasteiger charge is 2.38. The number of ether oxygens (including phenoxy) is 1. The van der Waals surface area contributed by atoms with Gasteiger partial charge in [0, 0.05) is 33.2 Å². The number of rotatable bonds is 8. The van der Waals surface area contributed by atoms with Crippen molar-refractivity contribution in [3.63, 3.8) is 0 Å². The summed E-state index contributed by atoms with van der Waals surface area (Å²) in [4.78, 5) is 60.5. The molecule has 2 rings (SSSR count). The molecule has 2 N–H and O–H groups in total. The summed E-state index contributed by atoms with van der Waals surface area (Å²) < 4.78 is 36.8. The van der Waals surface area contributed by atoms with E-state index >= 15 is 0 Å². The van der Waals surface area contributed by atoms with Crippen LogP contribution >= 0.6 is 0 Å². The zero-order chi connectivity index (χ0) is 25.2. The normalized spacial score (nSPS) is 18.1. The van der Waals surface area contributed by atoms with Crippen LogP contribution in [0.15, 0.2) is 5.70 Å². The highest BCUT2D eigenvalue weighted by atomic mass is 19.4. The number of hydrogen-bond donors (Lipinski definition) is 2. The highest BCUT2D eigenvalue weighted by Crippen LogP contribution is 2.20. The van der Waals surface area contributed by atoms with Gasteiger partial charge in [-0.2, -0.15) is 13.2 Å². The fourth-order valence-electron chi connectivity index (χ4n) is 3.37. The van der Waals surface area contributed by atoms with E-state index in [0.717, 1.165) is 6.42 Å². The number of carboxylic acid groups (broad SMARTS) is 2. The first kappa shape index (κ1) is 28.1. The van der Waals surface area contributed by atoms with Crippen molar-refractivity contribution in [1.82, 2.24) is 14.7 Å². The lowest BCUT2D eigenvalue weighted by Gasteiger charge is -2.27. The van der Waals surface area contributed by atoms with Crippen LogP contribution in [0, 0.1) is 0 Å². The molecule has 0 saturated carbocycles. The van der Waals surface area contributed by atoms with E-state index < -0.39 is 24.2 Å². The Bertz CT molecular complexity index is 783. The molecule has 2 heterocycles. The van der Waals surface area contributed by atoms with Crippen molar-refractivity contribution in [1.29, 1.82) is 0 Å². The third-order valence-electron chi connectivity index (χ3n) is 4.97. The van der Waals surface area contributed by atoms with E-state index in [1.165, 1.54) is 16.9 Å². The van der Waals surface area contributed by atoms with Crippen LogP contribution in [0.2, 0.25) is 0 Å². The number of hydrogen-bond acceptors (Lipinski definition) is 7. The molecule has 2 aliphatic rings. The van der Waals surface area contributed by atoms with Crippen LogP contribution in [-0.4, -0.2) is 113 Å². The summed E-state index contributed by atoms with van der Waals surface area (Å²) in [6.07, 6.45) is -2.73. The number of likely N-dealkylation sites (tertiary alicyclic amines) is 2. The largest absolute Gasteiger partial charge is 0.490 e. The Morgan fingerprint density at radius 3 is 2.24 bits per heavy atom. The Balaban J connectivity index is 0.000000675. The molecule has 186 valence electrons. The zero-order valence-corrected chi connectivity index (χ0v) is 18.0. The van der Waals surface area contributed by atoms with Crippen LogP contribution < -0.4 is 0 Å². The topological polar surface area (TPSA) is 145 Å². The summed E-state index contributed by atoms with van der Waals surface area (Å²) in [5, 5.41) is 16.4. The van der Waals surface area contributed by atoms with Gasteiger partial charge < -0.3 is 24.7 Å². The lowest BCUT2D eigenvalue weighted by Crippen LogP contribution is -2.48. The van der Waals surface area contributed by atoms with Crippen LogP contribution in [0.5, 0.6) is 0 Å². The molecular formula is C19H26F3N3O8. The van der Waals surface area contributed by atoms with Gasteiger partial charge in [0.25, 0.3) is 0 Å². The molecule has 2 saturated heterocycles. The maximum absolute atomic E-state index is 12.5. The van der Waals surface area contributed by atoms with E-state index in [9.17, 15) is 37.5 Å². The molecule has 2 amide bonds. The minimum Gasteiger partial charge on any atom is -0.480 e. The van der Waals surface area contributed by atoms with E-state index in [1.54, 1.807) is 10.8 Å². The number of carboxylic acids is 2. The van der Waals surface area contributed by atoms with Crippen LogP contribution in [-0.2, 0) is 28.7 Å². The first-order valence-electron chi connectivity index (χ1n) is 10.00. The SMILES string of the molecule is COCCN(CC(=O)N1CCCC1=C=O)CC(=O)N1CCC[C@@H]1C(=O)O.O=C(O)C(F)(F)F. The summed E-state index contributed by atoms with van der Waals surface area (Å²) in [7, 11) is 1.52. The molecule has 11 nitrogen and oxygen atoms in total. The maximum Gasteiger partial charge on any atom is 0.490 e. The quantitative estimate of drug-likeness (QED) is 0.457. The first-order chi connectivity index (χ1) is 15.4. The third kappa shape index (κ3) is 8.83. The third-order valence-corrected chi connectivity index (χ3v) is 4.97. The molecule has 2 aliphatic heterocycles. The Labute approximate surface area is 187 Å². The van der Waals surface area contributed by atoms with Crippen LogP contribution in [0.4, 0.5) is 13.2 Å². The van der Waals surface area contributed by atoms with Gasteiger partial charge in [-0.05, 0) is 19.3 Å². The Kier molecular flexibility index (Phi) is 11.0. The number of aliphatic carboxylic acids is 2. The monoisotopic (exact) mass is 481 g/mol. The van der Waals surface area contributed by atoms with Gasteiger partial charge in [-0.3, -0.25) is 14.5 Å². The van der Waals surface area contributed by atoms with Crippen molar-refractivity contribution in [2.24, 2.45) is 0 Å². The molecule has 0 bridgehead atoms. The number of nitrogens with zero attached hydrogens (tertiary/aromatic N) is 3. The summed E-state index contributed by atoms with van der Waals surface area (Å²) >= 11 is 0. The standard InChI is InChI=1S/C17H25N3O6.C2HF3O2/c1-26-9-8-18(10-15(22)19-6-2-4-13(19)12-21)11-16(23)20-7-3-5-14(20)17(24)25;3-2(4,5)1(6)7/h14H,2-11H2,1H3,(H,24,25);(H,6,7)/t14-;/m1./s1. The van der Waals surface area contributed by atoms with Crippen LogP contribution in [0.1, 0.15) is 25.7 Å². The molecular weight excluding hydrogens is 455 g/mol. The second-order valence-electron chi connectivity index (χ2n) is 7.29. The van der Waals surface area contributed by atoms with E-state index in [2.05, 4.69) is 0 Å². The molecule has 2 fully saturated rings. The van der Waals surface area contributed by atoms with E-state index in [-0.39, 0.29) is 24.9 Å². The highest BCUT2D eigenvalue weighted by molar-refractivity contribution is 5.86.